The third kappa shape index (κ3) is 5.01. The van der Waals surface area contributed by atoms with Crippen LogP contribution in [0.4, 0.5) is 16.2 Å². The quantitative estimate of drug-likeness (QED) is 0.161. The topological polar surface area (TPSA) is 94.0 Å². The van der Waals surface area contributed by atoms with Crippen LogP contribution in [0.15, 0.2) is 17.2 Å². The summed E-state index contributed by atoms with van der Waals surface area (Å²) in [5.41, 5.74) is 9.91. The van der Waals surface area contributed by atoms with Crippen LogP contribution in [0.3, 0.4) is 0 Å². The van der Waals surface area contributed by atoms with Gasteiger partial charge in [0.05, 0.1) is 25.3 Å². The third-order valence-corrected chi connectivity index (χ3v) is 5.55. The predicted molar refractivity (Wildman–Crippen MR) is 97.9 cm³/mol. The van der Waals surface area contributed by atoms with Crippen molar-refractivity contribution in [3.8, 4) is 0 Å². The Labute approximate surface area is 201 Å². The number of nitrogens with zero attached hydrogens (tertiary/aromatic N) is 6. The van der Waals surface area contributed by atoms with Gasteiger partial charge in [-0.25, -0.2) is 10.5 Å². The fraction of sp³-hybridized carbons (Fsp3) is 0.562. The van der Waals surface area contributed by atoms with Crippen LogP contribution in [0.5, 0.6) is 0 Å². The Kier molecular flexibility index (Phi) is 9.00. The van der Waals surface area contributed by atoms with Crippen molar-refractivity contribution in [2.24, 2.45) is 5.11 Å². The first kappa shape index (κ1) is 23.9. The minimum Gasteiger partial charge on any atom is -0.445 e. The molecule has 0 spiro atoms. The first-order valence-corrected chi connectivity index (χ1v) is 8.97. The van der Waals surface area contributed by atoms with Gasteiger partial charge < -0.3 is 31.4 Å². The van der Waals surface area contributed by atoms with Gasteiger partial charge in [-0.1, -0.05) is 14.5 Å². The summed E-state index contributed by atoms with van der Waals surface area (Å²) < 4.78 is 13.3. The van der Waals surface area contributed by atoms with Crippen molar-refractivity contribution in [2.45, 2.75) is 18.2 Å². The number of carbonyl (C=O) groups excluding carboxylic acids is 1. The minimum atomic E-state index is -0.447. The van der Waals surface area contributed by atoms with Crippen molar-refractivity contribution in [1.82, 2.24) is 4.67 Å². The van der Waals surface area contributed by atoms with E-state index in [0.717, 1.165) is 31.9 Å². The molecular weight excluding hydrogens is 644 g/mol. The first-order chi connectivity index (χ1) is 12.7. The molecule has 3 heterocycles. The largest absolute Gasteiger partial charge is 0.445 e. The van der Waals surface area contributed by atoms with E-state index in [1.165, 1.54) is 4.90 Å². The molecule has 4 unspecified atom stereocenters. The van der Waals surface area contributed by atoms with Crippen molar-refractivity contribution >= 4 is 26.9 Å². The van der Waals surface area contributed by atoms with Gasteiger partial charge in [-0.15, -0.1) is 0 Å². The number of anilines is 2. The number of hydrogen-bond acceptors (Lipinski definition) is 6. The smallest absolute Gasteiger partial charge is 0.393 e. The number of azide groups is 1. The van der Waals surface area contributed by atoms with Crippen LogP contribution in [-0.2, 0) is 28.0 Å². The second kappa shape index (κ2) is 10.6. The van der Waals surface area contributed by atoms with Gasteiger partial charge in [-0.3, -0.25) is 16.8 Å². The summed E-state index contributed by atoms with van der Waals surface area (Å²) in [6.07, 6.45) is -0.681. The Morgan fingerprint density at radius 3 is 2.75 bits per heavy atom. The van der Waals surface area contributed by atoms with E-state index in [-0.39, 0.29) is 62.3 Å². The van der Waals surface area contributed by atoms with E-state index in [1.54, 1.807) is 12.1 Å². The molecule has 1 aromatic carbocycles. The Morgan fingerprint density at radius 1 is 1.32 bits per heavy atom. The average molecular weight is 663 g/mol. The number of carbonyl (C=O) groups is 1. The van der Waals surface area contributed by atoms with E-state index in [4.69, 9.17) is 15.0 Å². The van der Waals surface area contributed by atoms with E-state index < -0.39 is 12.2 Å². The second-order valence-electron chi connectivity index (χ2n) is 6.50. The van der Waals surface area contributed by atoms with Crippen LogP contribution >= 0.6 is 9.39 Å². The van der Waals surface area contributed by atoms with E-state index >= 15 is 0 Å². The average Bonchev–Trinajstić information content (AvgIpc) is 3.25. The summed E-state index contributed by atoms with van der Waals surface area (Å²) in [5, 5.41) is 3.46. The molecule has 9 nitrogen and oxygen atoms in total. The number of fused-ring (bicyclic) bond motifs is 1. The molecule has 4 rings (SSSR count). The van der Waals surface area contributed by atoms with Crippen molar-refractivity contribution in [3.05, 3.63) is 34.7 Å². The van der Waals surface area contributed by atoms with Crippen LogP contribution in [0.25, 0.3) is 10.4 Å². The maximum absolute atomic E-state index is 12.0. The fourth-order valence-corrected chi connectivity index (χ4v) is 3.95. The molecule has 4 atom stereocenters. The Morgan fingerprint density at radius 2 is 2.07 bits per heavy atom. The maximum atomic E-state index is 12.0. The summed E-state index contributed by atoms with van der Waals surface area (Å²) in [5.74, 6) is 0. The van der Waals surface area contributed by atoms with Gasteiger partial charge in [0, 0.05) is 80.8 Å². The van der Waals surface area contributed by atoms with E-state index in [0.29, 0.717) is 18.3 Å². The number of morpholine rings is 1. The molecule has 0 aromatic heterocycles. The molecule has 147 valence electrons. The van der Waals surface area contributed by atoms with Crippen molar-refractivity contribution in [1.29, 1.82) is 0 Å². The Bertz CT molecular complexity index is 738. The van der Waals surface area contributed by atoms with Gasteiger partial charge in [0.25, 0.3) is 0 Å². The number of rotatable bonds is 4. The minimum absolute atomic E-state index is 0. The van der Waals surface area contributed by atoms with E-state index in [9.17, 15) is 4.79 Å². The number of ether oxygens (including phenoxy) is 2. The molecule has 0 bridgehead atoms. The number of benzene rings is 1. The van der Waals surface area contributed by atoms with E-state index in [2.05, 4.69) is 41.1 Å². The van der Waals surface area contributed by atoms with Gasteiger partial charge >= 0.3 is 6.09 Å². The fourth-order valence-electron chi connectivity index (χ4n) is 3.56. The molecule has 3 aliphatic heterocycles. The van der Waals surface area contributed by atoms with Gasteiger partial charge in [0.1, 0.15) is 6.10 Å². The normalized spacial score (nSPS) is 26.6. The van der Waals surface area contributed by atoms with Crippen LogP contribution in [0.1, 0.15) is 0 Å². The Hall–Kier alpha value is -0.414. The third-order valence-electron chi connectivity index (χ3n) is 4.91. The molecular formula is C16H19N6O3PUV-2. The summed E-state index contributed by atoms with van der Waals surface area (Å²) >= 11 is 0. The van der Waals surface area contributed by atoms with Gasteiger partial charge in [0.15, 0.2) is 0 Å². The van der Waals surface area contributed by atoms with Gasteiger partial charge in [0.2, 0.25) is 0 Å². The molecule has 0 aliphatic carbocycles. The van der Waals surface area contributed by atoms with Crippen LogP contribution in [-0.4, -0.2) is 68.3 Å². The second-order valence-corrected chi connectivity index (χ2v) is 7.16. The molecule has 28 heavy (non-hydrogen) atoms. The molecule has 0 N–H and O–H groups in total. The molecule has 0 saturated carbocycles. The number of amides is 1. The van der Waals surface area contributed by atoms with Crippen molar-refractivity contribution < 1.29 is 63.9 Å². The molecule has 3 saturated heterocycles. The summed E-state index contributed by atoms with van der Waals surface area (Å²) in [4.78, 5) is 18.4. The van der Waals surface area contributed by atoms with Crippen molar-refractivity contribution in [3.63, 3.8) is 0 Å². The van der Waals surface area contributed by atoms with Crippen LogP contribution < -0.4 is 9.80 Å². The molecule has 3 fully saturated rings. The van der Waals surface area contributed by atoms with Crippen molar-refractivity contribution in [2.75, 3.05) is 49.1 Å². The molecule has 1 radical (unpaired) electrons. The number of hydrogen-bond donors (Lipinski definition) is 0. The van der Waals surface area contributed by atoms with Gasteiger partial charge in [-0.2, -0.15) is 5.69 Å². The Balaban J connectivity index is 0.00000140. The standard InChI is InChI=1S/C16H19N6O3P.U.V/c17-19-18-7-13-8-21(16(23)25-13)12-3-1-11(2-4-12)20-9-14-15(10-20)24-6-5-22(14)26;;/h3-4,13-15H,5-10,26H2;;/q-2;;. The molecule has 12 heteroatoms. The van der Waals surface area contributed by atoms with Crippen LogP contribution in [0.2, 0.25) is 0 Å². The predicted octanol–water partition coefficient (Wildman–Crippen LogP) is 1.60. The monoisotopic (exact) mass is 663 g/mol. The summed E-state index contributed by atoms with van der Waals surface area (Å²) in [6.45, 7) is 3.82. The van der Waals surface area contributed by atoms with Gasteiger partial charge in [-0.05, 0) is 5.53 Å². The molecule has 1 aromatic rings. The first-order valence-electron chi connectivity index (χ1n) is 8.46. The zero-order valence-electron chi connectivity index (χ0n) is 15.1. The zero-order chi connectivity index (χ0) is 18.1. The summed E-state index contributed by atoms with van der Waals surface area (Å²) in [6, 6.07) is 10.3. The SMILES string of the molecule is [N-]=[N+]=NCC1CN(c2c[c-]c(N3CC4OCCN(P)C4C3)[c-]c2)C(=O)O1.[U].[V]. The van der Waals surface area contributed by atoms with E-state index in [1.807, 2.05) is 0 Å². The molecule has 1 amide bonds. The van der Waals surface area contributed by atoms with Crippen LogP contribution in [0, 0.1) is 43.2 Å². The maximum Gasteiger partial charge on any atom is 0.393 e. The molecule has 3 aliphatic rings. The zero-order valence-corrected chi connectivity index (χ0v) is 21.8. The summed E-state index contributed by atoms with van der Waals surface area (Å²) in [7, 11) is 2.78. The number of cyclic esters (lactones) is 1.